The lowest BCUT2D eigenvalue weighted by atomic mass is 10.1. The van der Waals surface area contributed by atoms with Crippen LogP contribution in [0.4, 0.5) is 4.79 Å². The summed E-state index contributed by atoms with van der Waals surface area (Å²) in [7, 11) is 0. The molecule has 0 aliphatic rings. The van der Waals surface area contributed by atoms with Gasteiger partial charge < -0.3 is 15.2 Å². The van der Waals surface area contributed by atoms with Gasteiger partial charge in [0.15, 0.2) is 0 Å². The van der Waals surface area contributed by atoms with Crippen molar-refractivity contribution in [3.63, 3.8) is 0 Å². The first-order valence-electron chi connectivity index (χ1n) is 8.42. The highest BCUT2D eigenvalue weighted by Gasteiger charge is 2.17. The number of amides is 1. The molecule has 0 saturated carbocycles. The van der Waals surface area contributed by atoms with E-state index in [4.69, 9.17) is 9.84 Å². The molecular formula is C17H33NO4. The summed E-state index contributed by atoms with van der Waals surface area (Å²) in [6.45, 7) is 7.56. The van der Waals surface area contributed by atoms with E-state index in [9.17, 15) is 9.59 Å². The van der Waals surface area contributed by atoms with Crippen molar-refractivity contribution in [2.75, 3.05) is 0 Å². The summed E-state index contributed by atoms with van der Waals surface area (Å²) >= 11 is 0. The van der Waals surface area contributed by atoms with E-state index < -0.39 is 11.6 Å². The molecule has 5 nitrogen and oxygen atoms in total. The van der Waals surface area contributed by atoms with Crippen LogP contribution >= 0.6 is 0 Å². The van der Waals surface area contributed by atoms with E-state index in [1.807, 2.05) is 27.7 Å². The highest BCUT2D eigenvalue weighted by molar-refractivity contribution is 5.68. The Balaban J connectivity index is 3.44. The zero-order chi connectivity index (χ0) is 17.0. The van der Waals surface area contributed by atoms with Gasteiger partial charge in [0, 0.05) is 12.5 Å². The highest BCUT2D eigenvalue weighted by Crippen LogP contribution is 2.11. The van der Waals surface area contributed by atoms with E-state index in [1.54, 1.807) is 0 Å². The monoisotopic (exact) mass is 315 g/mol. The van der Waals surface area contributed by atoms with Crippen molar-refractivity contribution >= 4 is 12.1 Å². The van der Waals surface area contributed by atoms with Crippen molar-refractivity contribution in [1.29, 1.82) is 0 Å². The number of nitrogens with one attached hydrogen (secondary N) is 1. The minimum Gasteiger partial charge on any atom is -0.481 e. The van der Waals surface area contributed by atoms with Crippen molar-refractivity contribution in [2.45, 2.75) is 97.1 Å². The maximum Gasteiger partial charge on any atom is 0.407 e. The quantitative estimate of drug-likeness (QED) is 0.551. The molecule has 0 bridgehead atoms. The Morgan fingerprint density at radius 2 is 1.50 bits per heavy atom. The predicted octanol–water partition coefficient (Wildman–Crippen LogP) is 4.50. The second-order valence-corrected chi connectivity index (χ2v) is 6.95. The fourth-order valence-electron chi connectivity index (χ4n) is 2.19. The molecule has 0 aromatic carbocycles. The number of rotatable bonds is 11. The van der Waals surface area contributed by atoms with Crippen LogP contribution < -0.4 is 5.32 Å². The number of alkyl carbamates (subject to hydrolysis) is 1. The Hall–Kier alpha value is -1.26. The molecule has 0 radical (unpaired) electrons. The molecular weight excluding hydrogens is 282 g/mol. The van der Waals surface area contributed by atoms with E-state index >= 15 is 0 Å². The highest BCUT2D eigenvalue weighted by atomic mass is 16.6. The molecule has 0 fully saturated rings. The fraction of sp³-hybridized carbons (Fsp3) is 0.882. The van der Waals surface area contributed by atoms with Crippen LogP contribution in [0.2, 0.25) is 0 Å². The number of hydrogen-bond acceptors (Lipinski definition) is 3. The number of hydrogen-bond donors (Lipinski definition) is 2. The van der Waals surface area contributed by atoms with E-state index in [0.717, 1.165) is 44.9 Å². The van der Waals surface area contributed by atoms with Gasteiger partial charge in [0.1, 0.15) is 5.60 Å². The SMILES string of the molecule is CC(CCCCCCCCCC(=O)O)NC(=O)OC(C)(C)C. The van der Waals surface area contributed by atoms with Gasteiger partial charge in [0.2, 0.25) is 0 Å². The zero-order valence-corrected chi connectivity index (χ0v) is 14.6. The molecule has 0 spiro atoms. The number of carboxylic acids is 1. The number of carbonyl (C=O) groups excluding carboxylic acids is 1. The van der Waals surface area contributed by atoms with Crippen LogP contribution in [-0.4, -0.2) is 28.8 Å². The summed E-state index contributed by atoms with van der Waals surface area (Å²) < 4.78 is 5.22. The Kier molecular flexibility index (Phi) is 10.7. The second kappa shape index (κ2) is 11.3. The average Bonchev–Trinajstić information content (AvgIpc) is 2.33. The van der Waals surface area contributed by atoms with Crippen molar-refractivity contribution < 1.29 is 19.4 Å². The Morgan fingerprint density at radius 3 is 2.00 bits per heavy atom. The fourth-order valence-corrected chi connectivity index (χ4v) is 2.19. The van der Waals surface area contributed by atoms with Crippen LogP contribution in [0.3, 0.4) is 0 Å². The topological polar surface area (TPSA) is 75.6 Å². The summed E-state index contributed by atoms with van der Waals surface area (Å²) in [5.41, 5.74) is -0.454. The predicted molar refractivity (Wildman–Crippen MR) is 88.0 cm³/mol. The second-order valence-electron chi connectivity index (χ2n) is 6.95. The van der Waals surface area contributed by atoms with Crippen LogP contribution in [0, 0.1) is 0 Å². The molecule has 1 atom stereocenters. The van der Waals surface area contributed by atoms with Crippen molar-refractivity contribution in [1.82, 2.24) is 5.32 Å². The normalized spacial score (nSPS) is 12.7. The average molecular weight is 315 g/mol. The Labute approximate surface area is 134 Å². The van der Waals surface area contributed by atoms with Crippen LogP contribution in [0.5, 0.6) is 0 Å². The maximum absolute atomic E-state index is 11.6. The van der Waals surface area contributed by atoms with Gasteiger partial charge in [-0.3, -0.25) is 4.79 Å². The maximum atomic E-state index is 11.6. The largest absolute Gasteiger partial charge is 0.481 e. The standard InChI is InChI=1S/C17H33NO4/c1-14(18-16(21)22-17(2,3)4)12-10-8-6-5-7-9-11-13-15(19)20/h14H,5-13H2,1-4H3,(H,18,21)(H,19,20). The molecule has 0 saturated heterocycles. The molecule has 0 heterocycles. The van der Waals surface area contributed by atoms with Gasteiger partial charge in [-0.25, -0.2) is 4.79 Å². The zero-order valence-electron chi connectivity index (χ0n) is 14.6. The van der Waals surface area contributed by atoms with Crippen molar-refractivity contribution in [3.05, 3.63) is 0 Å². The van der Waals surface area contributed by atoms with E-state index in [1.165, 1.54) is 6.42 Å². The van der Waals surface area contributed by atoms with Gasteiger partial charge in [-0.05, 0) is 40.5 Å². The summed E-state index contributed by atoms with van der Waals surface area (Å²) in [6, 6.07) is 0.130. The first-order valence-corrected chi connectivity index (χ1v) is 8.42. The van der Waals surface area contributed by atoms with Gasteiger partial charge in [-0.15, -0.1) is 0 Å². The van der Waals surface area contributed by atoms with Gasteiger partial charge in [-0.1, -0.05) is 38.5 Å². The van der Waals surface area contributed by atoms with Gasteiger partial charge >= 0.3 is 12.1 Å². The lowest BCUT2D eigenvalue weighted by Gasteiger charge is -2.21. The summed E-state index contributed by atoms with van der Waals surface area (Å²) in [5, 5.41) is 11.4. The number of carboxylic acid groups (broad SMARTS) is 1. The molecule has 1 unspecified atom stereocenters. The number of ether oxygens (including phenoxy) is 1. The summed E-state index contributed by atoms with van der Waals surface area (Å²) in [5.74, 6) is -0.702. The third-order valence-electron chi connectivity index (χ3n) is 3.29. The lowest BCUT2D eigenvalue weighted by Crippen LogP contribution is -2.37. The number of aliphatic carboxylic acids is 1. The third-order valence-corrected chi connectivity index (χ3v) is 3.29. The van der Waals surface area contributed by atoms with Crippen LogP contribution in [0.25, 0.3) is 0 Å². The van der Waals surface area contributed by atoms with Gasteiger partial charge in [-0.2, -0.15) is 0 Å². The van der Waals surface area contributed by atoms with Crippen LogP contribution in [-0.2, 0) is 9.53 Å². The van der Waals surface area contributed by atoms with Gasteiger partial charge in [0.05, 0.1) is 0 Å². The minimum absolute atomic E-state index is 0.130. The van der Waals surface area contributed by atoms with Crippen molar-refractivity contribution in [2.24, 2.45) is 0 Å². The molecule has 5 heteroatoms. The number of unbranched alkanes of at least 4 members (excludes halogenated alkanes) is 6. The molecule has 2 N–H and O–H groups in total. The molecule has 0 aliphatic carbocycles. The third kappa shape index (κ3) is 15.1. The van der Waals surface area contributed by atoms with Crippen LogP contribution in [0.15, 0.2) is 0 Å². The molecule has 22 heavy (non-hydrogen) atoms. The Morgan fingerprint density at radius 1 is 1.00 bits per heavy atom. The first-order chi connectivity index (χ1) is 10.2. The molecule has 0 aromatic heterocycles. The van der Waals surface area contributed by atoms with Crippen LogP contribution in [0.1, 0.15) is 85.5 Å². The molecule has 0 aliphatic heterocycles. The molecule has 0 rings (SSSR count). The van der Waals surface area contributed by atoms with Gasteiger partial charge in [0.25, 0.3) is 0 Å². The van der Waals surface area contributed by atoms with E-state index in [-0.39, 0.29) is 18.6 Å². The molecule has 1 amide bonds. The van der Waals surface area contributed by atoms with Crippen molar-refractivity contribution in [3.8, 4) is 0 Å². The summed E-state index contributed by atoms with van der Waals surface area (Å²) in [4.78, 5) is 21.9. The molecule has 0 aromatic rings. The van der Waals surface area contributed by atoms with E-state index in [0.29, 0.717) is 0 Å². The summed E-state index contributed by atoms with van der Waals surface area (Å²) in [6.07, 6.45) is 8.36. The Bertz CT molecular complexity index is 323. The molecule has 130 valence electrons. The first kappa shape index (κ1) is 20.7. The lowest BCUT2D eigenvalue weighted by molar-refractivity contribution is -0.137. The minimum atomic E-state index is -0.702. The smallest absolute Gasteiger partial charge is 0.407 e. The number of carbonyl (C=O) groups is 2. The van der Waals surface area contributed by atoms with E-state index in [2.05, 4.69) is 5.32 Å².